The Balaban J connectivity index is 1.97. The van der Waals surface area contributed by atoms with Gasteiger partial charge in [0.05, 0.1) is 0 Å². The lowest BCUT2D eigenvalue weighted by molar-refractivity contribution is 0.307. The van der Waals surface area contributed by atoms with Gasteiger partial charge in [-0.1, -0.05) is 60.5 Å². The van der Waals surface area contributed by atoms with Crippen LogP contribution in [0.4, 0.5) is 0 Å². The van der Waals surface area contributed by atoms with E-state index in [1.54, 1.807) is 0 Å². The molecule has 3 aromatic rings. The highest BCUT2D eigenvalue weighted by Crippen LogP contribution is 2.33. The third-order valence-electron chi connectivity index (χ3n) is 3.82. The molecule has 0 saturated heterocycles. The molecule has 0 saturated carbocycles. The molecule has 0 aliphatic heterocycles. The van der Waals surface area contributed by atoms with Crippen LogP contribution in [0.2, 0.25) is 0 Å². The van der Waals surface area contributed by atoms with E-state index in [2.05, 4.69) is 37.1 Å². The van der Waals surface area contributed by atoms with E-state index in [1.165, 1.54) is 11.1 Å². The van der Waals surface area contributed by atoms with Gasteiger partial charge in [-0.25, -0.2) is 0 Å². The lowest BCUT2D eigenvalue weighted by Crippen LogP contribution is -1.98. The van der Waals surface area contributed by atoms with Gasteiger partial charge in [-0.3, -0.25) is 0 Å². The standard InChI is InChI=1S/C22H18O/c1-3-18-13-14-21(20-12-8-7-9-17(20)2)22(15-18)23-16-19-10-5-4-6-11-19/h1,4-15H,16H2,2H3. The first kappa shape index (κ1) is 14.9. The monoisotopic (exact) mass is 298 g/mol. The van der Waals surface area contributed by atoms with E-state index in [0.29, 0.717) is 6.61 Å². The molecule has 0 heterocycles. The molecule has 0 fully saturated rings. The van der Waals surface area contributed by atoms with E-state index >= 15 is 0 Å². The maximum atomic E-state index is 6.08. The van der Waals surface area contributed by atoms with Crippen molar-refractivity contribution in [3.8, 4) is 29.2 Å². The molecule has 1 nitrogen and oxygen atoms in total. The molecular weight excluding hydrogens is 280 g/mol. The number of terminal acetylenes is 1. The second kappa shape index (κ2) is 6.85. The summed E-state index contributed by atoms with van der Waals surface area (Å²) in [5.41, 5.74) is 5.41. The van der Waals surface area contributed by atoms with Gasteiger partial charge in [0.15, 0.2) is 0 Å². The Morgan fingerprint density at radius 2 is 1.61 bits per heavy atom. The number of benzene rings is 3. The number of ether oxygens (including phenoxy) is 1. The van der Waals surface area contributed by atoms with Gasteiger partial charge in [0.2, 0.25) is 0 Å². The average molecular weight is 298 g/mol. The summed E-state index contributed by atoms with van der Waals surface area (Å²) >= 11 is 0. The van der Waals surface area contributed by atoms with Gasteiger partial charge in [-0.2, -0.15) is 0 Å². The molecule has 3 aromatic carbocycles. The highest BCUT2D eigenvalue weighted by atomic mass is 16.5. The van der Waals surface area contributed by atoms with Crippen molar-refractivity contribution < 1.29 is 4.74 Å². The molecule has 0 aliphatic carbocycles. The predicted molar refractivity (Wildman–Crippen MR) is 95.3 cm³/mol. The Hall–Kier alpha value is -2.98. The molecule has 0 aromatic heterocycles. The summed E-state index contributed by atoms with van der Waals surface area (Å²) in [4.78, 5) is 0. The quantitative estimate of drug-likeness (QED) is 0.600. The maximum Gasteiger partial charge on any atom is 0.128 e. The molecule has 0 radical (unpaired) electrons. The van der Waals surface area contributed by atoms with Crippen molar-refractivity contribution in [1.82, 2.24) is 0 Å². The lowest BCUT2D eigenvalue weighted by atomic mass is 9.98. The number of hydrogen-bond acceptors (Lipinski definition) is 1. The molecule has 0 spiro atoms. The molecule has 112 valence electrons. The molecular formula is C22H18O. The Kier molecular flexibility index (Phi) is 4.45. The Morgan fingerprint density at radius 3 is 2.35 bits per heavy atom. The fraction of sp³-hybridized carbons (Fsp3) is 0.0909. The topological polar surface area (TPSA) is 9.23 Å². The van der Waals surface area contributed by atoms with Crippen LogP contribution in [0, 0.1) is 19.3 Å². The minimum Gasteiger partial charge on any atom is -0.488 e. The second-order valence-electron chi connectivity index (χ2n) is 5.44. The molecule has 0 N–H and O–H groups in total. The molecule has 0 atom stereocenters. The van der Waals surface area contributed by atoms with Crippen molar-refractivity contribution in [3.05, 3.63) is 89.5 Å². The number of hydrogen-bond donors (Lipinski definition) is 0. The highest BCUT2D eigenvalue weighted by Gasteiger charge is 2.09. The third-order valence-corrected chi connectivity index (χ3v) is 3.82. The van der Waals surface area contributed by atoms with Crippen LogP contribution in [0.1, 0.15) is 16.7 Å². The molecule has 0 aliphatic rings. The summed E-state index contributed by atoms with van der Waals surface area (Å²) in [6.07, 6.45) is 5.54. The van der Waals surface area contributed by atoms with Crippen molar-refractivity contribution in [2.75, 3.05) is 0 Å². The average Bonchev–Trinajstić information content (AvgIpc) is 2.61. The predicted octanol–water partition coefficient (Wildman–Crippen LogP) is 5.22. The number of rotatable bonds is 4. The second-order valence-corrected chi connectivity index (χ2v) is 5.44. The Labute approximate surface area is 137 Å². The lowest BCUT2D eigenvalue weighted by Gasteiger charge is -2.14. The maximum absolute atomic E-state index is 6.08. The zero-order valence-corrected chi connectivity index (χ0v) is 13.1. The molecule has 0 unspecified atom stereocenters. The van der Waals surface area contributed by atoms with Gasteiger partial charge in [0.25, 0.3) is 0 Å². The normalized spacial score (nSPS) is 10.1. The van der Waals surface area contributed by atoms with E-state index < -0.39 is 0 Å². The van der Waals surface area contributed by atoms with Gasteiger partial charge in [0, 0.05) is 11.1 Å². The van der Waals surface area contributed by atoms with Crippen molar-refractivity contribution in [2.45, 2.75) is 13.5 Å². The van der Waals surface area contributed by atoms with Crippen LogP contribution in [0.5, 0.6) is 5.75 Å². The summed E-state index contributed by atoms with van der Waals surface area (Å²) in [5.74, 6) is 3.50. The fourth-order valence-corrected chi connectivity index (χ4v) is 2.56. The van der Waals surface area contributed by atoms with E-state index in [9.17, 15) is 0 Å². The molecule has 0 bridgehead atoms. The van der Waals surface area contributed by atoms with Crippen LogP contribution < -0.4 is 4.74 Å². The van der Waals surface area contributed by atoms with E-state index in [-0.39, 0.29) is 0 Å². The van der Waals surface area contributed by atoms with Crippen LogP contribution in [0.25, 0.3) is 11.1 Å². The molecule has 3 rings (SSSR count). The first-order valence-electron chi connectivity index (χ1n) is 7.61. The summed E-state index contributed by atoms with van der Waals surface area (Å²) in [5, 5.41) is 0. The van der Waals surface area contributed by atoms with Gasteiger partial charge >= 0.3 is 0 Å². The van der Waals surface area contributed by atoms with Crippen molar-refractivity contribution in [2.24, 2.45) is 0 Å². The largest absolute Gasteiger partial charge is 0.488 e. The van der Waals surface area contributed by atoms with Gasteiger partial charge in [-0.05, 0) is 41.8 Å². The van der Waals surface area contributed by atoms with Gasteiger partial charge in [0.1, 0.15) is 12.4 Å². The van der Waals surface area contributed by atoms with E-state index in [0.717, 1.165) is 22.4 Å². The smallest absolute Gasteiger partial charge is 0.128 e. The third kappa shape index (κ3) is 3.44. The van der Waals surface area contributed by atoms with Crippen LogP contribution in [0.3, 0.4) is 0 Å². The molecule has 23 heavy (non-hydrogen) atoms. The summed E-state index contributed by atoms with van der Waals surface area (Å²) in [6.45, 7) is 2.62. The SMILES string of the molecule is C#Cc1ccc(-c2ccccc2C)c(OCc2ccccc2)c1. The minimum atomic E-state index is 0.522. The first-order valence-corrected chi connectivity index (χ1v) is 7.61. The summed E-state index contributed by atoms with van der Waals surface area (Å²) in [7, 11) is 0. The first-order chi connectivity index (χ1) is 11.3. The molecule has 0 amide bonds. The summed E-state index contributed by atoms with van der Waals surface area (Å²) < 4.78 is 6.08. The van der Waals surface area contributed by atoms with E-state index in [1.807, 2.05) is 48.5 Å². The van der Waals surface area contributed by atoms with Crippen molar-refractivity contribution >= 4 is 0 Å². The minimum absolute atomic E-state index is 0.522. The zero-order valence-electron chi connectivity index (χ0n) is 13.1. The van der Waals surface area contributed by atoms with Gasteiger partial charge < -0.3 is 4.74 Å². The highest BCUT2D eigenvalue weighted by molar-refractivity contribution is 5.74. The van der Waals surface area contributed by atoms with Crippen molar-refractivity contribution in [3.63, 3.8) is 0 Å². The summed E-state index contributed by atoms with van der Waals surface area (Å²) in [6, 6.07) is 24.4. The Morgan fingerprint density at radius 1 is 0.870 bits per heavy atom. The van der Waals surface area contributed by atoms with Crippen LogP contribution in [0.15, 0.2) is 72.8 Å². The van der Waals surface area contributed by atoms with Crippen molar-refractivity contribution in [1.29, 1.82) is 0 Å². The fourth-order valence-electron chi connectivity index (χ4n) is 2.56. The zero-order chi connectivity index (χ0) is 16.1. The van der Waals surface area contributed by atoms with Crippen LogP contribution >= 0.6 is 0 Å². The van der Waals surface area contributed by atoms with E-state index in [4.69, 9.17) is 11.2 Å². The van der Waals surface area contributed by atoms with Crippen LogP contribution in [-0.2, 0) is 6.61 Å². The number of aryl methyl sites for hydroxylation is 1. The van der Waals surface area contributed by atoms with Gasteiger partial charge in [-0.15, -0.1) is 6.42 Å². The molecule has 1 heteroatoms. The Bertz CT molecular complexity index is 841. The van der Waals surface area contributed by atoms with Crippen LogP contribution in [-0.4, -0.2) is 0 Å².